The SMILES string of the molecule is COc1cc2ncnc(N(C)C(=O)c3cc(OC)c(OC)c(OC)c3)c2cc1OC. The fourth-order valence-electron chi connectivity index (χ4n) is 3.13. The third-order valence-electron chi connectivity index (χ3n) is 4.65. The maximum atomic E-state index is 13.3. The van der Waals surface area contributed by atoms with Gasteiger partial charge in [0.15, 0.2) is 23.0 Å². The Hall–Kier alpha value is -3.75. The molecule has 0 bridgehead atoms. The fraction of sp³-hybridized carbons (Fsp3) is 0.286. The summed E-state index contributed by atoms with van der Waals surface area (Å²) in [5, 5.41) is 0.637. The van der Waals surface area contributed by atoms with Crippen LogP contribution in [0.3, 0.4) is 0 Å². The normalized spacial score (nSPS) is 10.5. The van der Waals surface area contributed by atoms with Crippen LogP contribution in [0, 0.1) is 0 Å². The highest BCUT2D eigenvalue weighted by Crippen LogP contribution is 2.39. The molecule has 0 radical (unpaired) electrons. The molecular weight excluding hydrogens is 390 g/mol. The minimum atomic E-state index is -0.316. The van der Waals surface area contributed by atoms with Gasteiger partial charge in [-0.25, -0.2) is 9.97 Å². The Balaban J connectivity index is 2.10. The molecule has 9 nitrogen and oxygen atoms in total. The predicted octanol–water partition coefficient (Wildman–Crippen LogP) is 2.95. The largest absolute Gasteiger partial charge is 0.493 e. The number of carbonyl (C=O) groups is 1. The molecule has 0 unspecified atom stereocenters. The van der Waals surface area contributed by atoms with Crippen LogP contribution < -0.4 is 28.6 Å². The molecule has 30 heavy (non-hydrogen) atoms. The van der Waals surface area contributed by atoms with Gasteiger partial charge in [-0.05, 0) is 18.2 Å². The monoisotopic (exact) mass is 413 g/mol. The molecule has 1 heterocycles. The van der Waals surface area contributed by atoms with Crippen molar-refractivity contribution in [3.63, 3.8) is 0 Å². The molecule has 1 aromatic heterocycles. The zero-order valence-electron chi connectivity index (χ0n) is 17.7. The number of anilines is 1. The highest BCUT2D eigenvalue weighted by Gasteiger charge is 2.23. The molecule has 0 spiro atoms. The minimum Gasteiger partial charge on any atom is -0.493 e. The Morgan fingerprint density at radius 2 is 1.33 bits per heavy atom. The Kier molecular flexibility index (Phi) is 6.10. The van der Waals surface area contributed by atoms with Crippen LogP contribution in [0.2, 0.25) is 0 Å². The third kappa shape index (κ3) is 3.61. The molecule has 0 aliphatic heterocycles. The van der Waals surface area contributed by atoms with E-state index in [9.17, 15) is 4.79 Å². The number of rotatable bonds is 7. The van der Waals surface area contributed by atoms with Gasteiger partial charge in [-0.3, -0.25) is 9.69 Å². The summed E-state index contributed by atoms with van der Waals surface area (Å²) in [4.78, 5) is 23.3. The van der Waals surface area contributed by atoms with E-state index >= 15 is 0 Å². The molecule has 2 aromatic carbocycles. The lowest BCUT2D eigenvalue weighted by Crippen LogP contribution is -2.27. The van der Waals surface area contributed by atoms with Crippen molar-refractivity contribution in [1.29, 1.82) is 0 Å². The summed E-state index contributed by atoms with van der Waals surface area (Å²) in [7, 11) is 9.20. The molecule has 0 aliphatic carbocycles. The second-order valence-electron chi connectivity index (χ2n) is 6.20. The van der Waals surface area contributed by atoms with Crippen molar-refractivity contribution >= 4 is 22.6 Å². The average Bonchev–Trinajstić information content (AvgIpc) is 2.80. The van der Waals surface area contributed by atoms with Crippen molar-refractivity contribution in [2.75, 3.05) is 47.5 Å². The van der Waals surface area contributed by atoms with Crippen molar-refractivity contribution in [1.82, 2.24) is 9.97 Å². The first-order valence-electron chi connectivity index (χ1n) is 8.93. The number of fused-ring (bicyclic) bond motifs is 1. The van der Waals surface area contributed by atoms with E-state index in [4.69, 9.17) is 23.7 Å². The number of nitrogens with zero attached hydrogens (tertiary/aromatic N) is 3. The summed E-state index contributed by atoms with van der Waals surface area (Å²) in [5.41, 5.74) is 0.960. The molecule has 0 saturated heterocycles. The summed E-state index contributed by atoms with van der Waals surface area (Å²) < 4.78 is 26.7. The van der Waals surface area contributed by atoms with Crippen molar-refractivity contribution < 1.29 is 28.5 Å². The summed E-state index contributed by atoms with van der Waals surface area (Å²) in [6, 6.07) is 6.65. The zero-order valence-corrected chi connectivity index (χ0v) is 17.7. The second kappa shape index (κ2) is 8.73. The van der Waals surface area contributed by atoms with Gasteiger partial charge >= 0.3 is 0 Å². The van der Waals surface area contributed by atoms with Crippen LogP contribution in [0.25, 0.3) is 10.9 Å². The molecule has 9 heteroatoms. The van der Waals surface area contributed by atoms with Gasteiger partial charge in [-0.1, -0.05) is 0 Å². The smallest absolute Gasteiger partial charge is 0.259 e. The van der Waals surface area contributed by atoms with Gasteiger partial charge < -0.3 is 23.7 Å². The highest BCUT2D eigenvalue weighted by molar-refractivity contribution is 6.09. The van der Waals surface area contributed by atoms with Gasteiger partial charge in [0.2, 0.25) is 5.75 Å². The third-order valence-corrected chi connectivity index (χ3v) is 4.65. The Morgan fingerprint density at radius 1 is 0.767 bits per heavy atom. The molecule has 0 N–H and O–H groups in total. The molecule has 158 valence electrons. The lowest BCUT2D eigenvalue weighted by atomic mass is 10.1. The summed E-state index contributed by atoms with van der Waals surface area (Å²) >= 11 is 0. The van der Waals surface area contributed by atoms with Crippen LogP contribution in [0.5, 0.6) is 28.7 Å². The first-order chi connectivity index (χ1) is 14.5. The molecule has 3 rings (SSSR count). The van der Waals surface area contributed by atoms with Gasteiger partial charge in [0, 0.05) is 24.1 Å². The number of hydrogen-bond acceptors (Lipinski definition) is 8. The lowest BCUT2D eigenvalue weighted by molar-refractivity contribution is 0.0991. The van der Waals surface area contributed by atoms with Crippen LogP contribution >= 0.6 is 0 Å². The standard InChI is InChI=1S/C21H23N3O6/c1-24(21(25)12-7-17(28-4)19(30-6)18(8-12)29-5)20-13-9-15(26-2)16(27-3)10-14(13)22-11-23-20/h7-11H,1-6H3. The topological polar surface area (TPSA) is 92.2 Å². The average molecular weight is 413 g/mol. The van der Waals surface area contributed by atoms with Gasteiger partial charge in [-0.15, -0.1) is 0 Å². The second-order valence-corrected chi connectivity index (χ2v) is 6.20. The summed E-state index contributed by atoms with van der Waals surface area (Å²) in [5.74, 6) is 2.32. The van der Waals surface area contributed by atoms with Gasteiger partial charge in [-0.2, -0.15) is 0 Å². The number of methoxy groups -OCH3 is 5. The van der Waals surface area contributed by atoms with Crippen LogP contribution in [-0.4, -0.2) is 58.5 Å². The Morgan fingerprint density at radius 3 is 1.87 bits per heavy atom. The molecule has 1 amide bonds. The van der Waals surface area contributed by atoms with E-state index in [-0.39, 0.29) is 5.91 Å². The number of ether oxygens (including phenoxy) is 5. The maximum Gasteiger partial charge on any atom is 0.259 e. The number of amides is 1. The fourth-order valence-corrected chi connectivity index (χ4v) is 3.13. The molecule has 0 saturated carbocycles. The highest BCUT2D eigenvalue weighted by atomic mass is 16.5. The van der Waals surface area contributed by atoms with Crippen molar-refractivity contribution in [3.8, 4) is 28.7 Å². The van der Waals surface area contributed by atoms with Crippen LogP contribution in [0.15, 0.2) is 30.6 Å². The van der Waals surface area contributed by atoms with E-state index in [2.05, 4.69) is 9.97 Å². The summed E-state index contributed by atoms with van der Waals surface area (Å²) in [6.07, 6.45) is 1.39. The van der Waals surface area contributed by atoms with Gasteiger partial charge in [0.25, 0.3) is 5.91 Å². The van der Waals surface area contributed by atoms with Crippen molar-refractivity contribution in [2.24, 2.45) is 0 Å². The maximum absolute atomic E-state index is 13.3. The quantitative estimate of drug-likeness (QED) is 0.584. The predicted molar refractivity (Wildman–Crippen MR) is 111 cm³/mol. The summed E-state index contributed by atoms with van der Waals surface area (Å²) in [6.45, 7) is 0. The van der Waals surface area contributed by atoms with Crippen molar-refractivity contribution in [2.45, 2.75) is 0 Å². The number of benzene rings is 2. The molecule has 0 atom stereocenters. The number of carbonyl (C=O) groups excluding carboxylic acids is 1. The Bertz CT molecular complexity index is 1060. The van der Waals surface area contributed by atoms with E-state index in [0.717, 1.165) is 0 Å². The van der Waals surface area contributed by atoms with Crippen LogP contribution in [0.1, 0.15) is 10.4 Å². The number of hydrogen-bond donors (Lipinski definition) is 0. The van der Waals surface area contributed by atoms with Crippen LogP contribution in [-0.2, 0) is 0 Å². The molecular formula is C21H23N3O6. The van der Waals surface area contributed by atoms with E-state index in [1.807, 2.05) is 0 Å². The van der Waals surface area contributed by atoms with E-state index in [1.54, 1.807) is 38.4 Å². The minimum absolute atomic E-state index is 0.316. The zero-order chi connectivity index (χ0) is 21.8. The van der Waals surface area contributed by atoms with Gasteiger partial charge in [0.1, 0.15) is 12.1 Å². The van der Waals surface area contributed by atoms with Crippen LogP contribution in [0.4, 0.5) is 5.82 Å². The first kappa shape index (κ1) is 21.0. The number of aromatic nitrogens is 2. The molecule has 3 aromatic rings. The molecule has 0 aliphatic rings. The lowest BCUT2D eigenvalue weighted by Gasteiger charge is -2.20. The van der Waals surface area contributed by atoms with Gasteiger partial charge in [0.05, 0.1) is 41.1 Å². The molecule has 0 fully saturated rings. The Labute approximate surface area is 174 Å². The van der Waals surface area contributed by atoms with E-state index in [0.29, 0.717) is 51.0 Å². The van der Waals surface area contributed by atoms with E-state index < -0.39 is 0 Å². The first-order valence-corrected chi connectivity index (χ1v) is 8.93. The van der Waals surface area contributed by atoms with Crippen molar-refractivity contribution in [3.05, 3.63) is 36.2 Å². The van der Waals surface area contributed by atoms with E-state index in [1.165, 1.54) is 39.7 Å².